The van der Waals surface area contributed by atoms with Crippen LogP contribution in [0.4, 0.5) is 0 Å². The predicted molar refractivity (Wildman–Crippen MR) is 59.3 cm³/mol. The summed E-state index contributed by atoms with van der Waals surface area (Å²) in [5, 5.41) is 0. The molecule has 0 rings (SSSR count). The molecule has 0 aromatic carbocycles. The van der Waals surface area contributed by atoms with Crippen molar-refractivity contribution in [2.24, 2.45) is 0 Å². The fourth-order valence-corrected chi connectivity index (χ4v) is 0.784. The number of carbonyl (C=O) groups is 3. The van der Waals surface area contributed by atoms with Crippen LogP contribution in [-0.4, -0.2) is 32.4 Å². The third-order valence-electron chi connectivity index (χ3n) is 1.72. The van der Waals surface area contributed by atoms with Gasteiger partial charge in [0.2, 0.25) is 5.78 Å². The molecule has 88 valence electrons. The maximum atomic E-state index is 11.1. The van der Waals surface area contributed by atoms with Crippen LogP contribution in [-0.2, 0) is 23.8 Å². The first kappa shape index (κ1) is 14.4. The van der Waals surface area contributed by atoms with E-state index < -0.39 is 17.7 Å². The Morgan fingerprint density at radius 3 is 2.31 bits per heavy atom. The number of rotatable bonds is 6. The van der Waals surface area contributed by atoms with Crippen molar-refractivity contribution < 1.29 is 23.8 Å². The SMILES string of the molecule is BOC(=O)CCC(=O)C(=O)OCC=C(C)C. The van der Waals surface area contributed by atoms with Crippen molar-refractivity contribution in [2.75, 3.05) is 6.61 Å². The Morgan fingerprint density at radius 1 is 1.19 bits per heavy atom. The summed E-state index contributed by atoms with van der Waals surface area (Å²) in [5.41, 5.74) is 0.995. The monoisotopic (exact) mass is 226 g/mol. The Hall–Kier alpha value is -1.59. The number of ether oxygens (including phenoxy) is 1. The number of carbonyl (C=O) groups excluding carboxylic acids is 3. The zero-order valence-corrected chi connectivity index (χ0v) is 9.74. The third-order valence-corrected chi connectivity index (χ3v) is 1.72. The Kier molecular flexibility index (Phi) is 6.91. The van der Waals surface area contributed by atoms with Gasteiger partial charge in [-0.05, 0) is 19.9 Å². The summed E-state index contributed by atoms with van der Waals surface area (Å²) in [6, 6.07) is 0. The van der Waals surface area contributed by atoms with Crippen LogP contribution in [0.1, 0.15) is 26.7 Å². The van der Waals surface area contributed by atoms with Crippen LogP contribution < -0.4 is 0 Å². The molecule has 5 nitrogen and oxygen atoms in total. The van der Waals surface area contributed by atoms with Gasteiger partial charge in [0.05, 0.1) is 6.42 Å². The molecule has 0 atom stereocenters. The third kappa shape index (κ3) is 6.81. The first-order valence-corrected chi connectivity index (χ1v) is 4.87. The van der Waals surface area contributed by atoms with Gasteiger partial charge in [-0.3, -0.25) is 9.59 Å². The maximum absolute atomic E-state index is 11.1. The molecule has 0 spiro atoms. The predicted octanol–water partition coefficient (Wildman–Crippen LogP) is -0.0636. The Bertz CT molecular complexity index is 304. The highest BCUT2D eigenvalue weighted by Gasteiger charge is 2.16. The molecule has 0 radical (unpaired) electrons. The van der Waals surface area contributed by atoms with E-state index in [0.717, 1.165) is 5.57 Å². The van der Waals surface area contributed by atoms with E-state index in [1.54, 1.807) is 6.08 Å². The Morgan fingerprint density at radius 2 is 1.81 bits per heavy atom. The van der Waals surface area contributed by atoms with Gasteiger partial charge in [0.1, 0.15) is 6.61 Å². The first-order chi connectivity index (χ1) is 7.47. The summed E-state index contributed by atoms with van der Waals surface area (Å²) < 4.78 is 9.00. The topological polar surface area (TPSA) is 69.7 Å². The van der Waals surface area contributed by atoms with Gasteiger partial charge < -0.3 is 9.39 Å². The van der Waals surface area contributed by atoms with E-state index in [9.17, 15) is 14.4 Å². The van der Waals surface area contributed by atoms with Crippen LogP contribution in [0.5, 0.6) is 0 Å². The van der Waals surface area contributed by atoms with Gasteiger partial charge in [0.25, 0.3) is 5.97 Å². The molecule has 6 heteroatoms. The molecule has 0 amide bonds. The number of esters is 1. The van der Waals surface area contributed by atoms with Gasteiger partial charge in [0, 0.05) is 6.42 Å². The molecule has 0 N–H and O–H groups in total. The molecule has 0 aromatic heterocycles. The van der Waals surface area contributed by atoms with Crippen molar-refractivity contribution >= 4 is 25.8 Å². The van der Waals surface area contributed by atoms with E-state index in [-0.39, 0.29) is 19.4 Å². The van der Waals surface area contributed by atoms with Crippen LogP contribution in [0, 0.1) is 0 Å². The van der Waals surface area contributed by atoms with Crippen molar-refractivity contribution in [3.8, 4) is 0 Å². The van der Waals surface area contributed by atoms with Crippen LogP contribution in [0.3, 0.4) is 0 Å². The molecule has 16 heavy (non-hydrogen) atoms. The van der Waals surface area contributed by atoms with Crippen molar-refractivity contribution in [3.05, 3.63) is 11.6 Å². The second-order valence-electron chi connectivity index (χ2n) is 3.38. The molecule has 0 unspecified atom stereocenters. The lowest BCUT2D eigenvalue weighted by Gasteiger charge is -2.01. The second-order valence-corrected chi connectivity index (χ2v) is 3.38. The second kappa shape index (κ2) is 7.67. The van der Waals surface area contributed by atoms with Gasteiger partial charge >= 0.3 is 14.0 Å². The molecule has 0 aliphatic heterocycles. The minimum Gasteiger partial charge on any atom is -0.543 e. The number of hydrogen-bond donors (Lipinski definition) is 0. The minimum atomic E-state index is -0.915. The summed E-state index contributed by atoms with van der Waals surface area (Å²) in [6.45, 7) is 3.78. The first-order valence-electron chi connectivity index (χ1n) is 4.87. The maximum Gasteiger partial charge on any atom is 0.374 e. The number of hydrogen-bond acceptors (Lipinski definition) is 5. The van der Waals surface area contributed by atoms with E-state index in [1.165, 1.54) is 8.05 Å². The lowest BCUT2D eigenvalue weighted by Crippen LogP contribution is -2.18. The van der Waals surface area contributed by atoms with Crippen molar-refractivity contribution in [1.82, 2.24) is 0 Å². The van der Waals surface area contributed by atoms with E-state index in [1.807, 2.05) is 13.8 Å². The number of ketones is 1. The minimum absolute atomic E-state index is 0.0745. The molecule has 0 fully saturated rings. The molecule has 0 heterocycles. The molecule has 0 aromatic rings. The molecule has 0 aliphatic rings. The normalized spacial score (nSPS) is 9.12. The molecular formula is C10H15BO5. The van der Waals surface area contributed by atoms with Crippen LogP contribution in [0.15, 0.2) is 11.6 Å². The summed E-state index contributed by atoms with van der Waals surface area (Å²) in [6.07, 6.45) is 1.40. The average molecular weight is 226 g/mol. The molecular weight excluding hydrogens is 211 g/mol. The van der Waals surface area contributed by atoms with Gasteiger partial charge in [-0.2, -0.15) is 0 Å². The smallest absolute Gasteiger partial charge is 0.374 e. The van der Waals surface area contributed by atoms with Gasteiger partial charge in [-0.1, -0.05) is 5.57 Å². The zero-order chi connectivity index (χ0) is 12.6. The zero-order valence-electron chi connectivity index (χ0n) is 9.74. The lowest BCUT2D eigenvalue weighted by atomic mass is 10.2. The molecule has 0 saturated carbocycles. The lowest BCUT2D eigenvalue weighted by molar-refractivity contribution is -0.153. The number of allylic oxidation sites excluding steroid dienone is 1. The molecule has 0 bridgehead atoms. The van der Waals surface area contributed by atoms with Crippen molar-refractivity contribution in [3.63, 3.8) is 0 Å². The Balaban J connectivity index is 3.87. The fraction of sp³-hybridized carbons (Fsp3) is 0.500. The van der Waals surface area contributed by atoms with E-state index in [0.29, 0.717) is 0 Å². The molecule has 0 saturated heterocycles. The quantitative estimate of drug-likeness (QED) is 0.274. The fourth-order valence-electron chi connectivity index (χ4n) is 0.784. The standard InChI is InChI=1S/C10H15BO5/c1-7(2)5-6-15-10(14)8(12)3-4-9(13)16-11/h5H,3-4,6,11H2,1-2H3. The van der Waals surface area contributed by atoms with Crippen molar-refractivity contribution in [1.29, 1.82) is 0 Å². The molecule has 0 aliphatic carbocycles. The van der Waals surface area contributed by atoms with Crippen LogP contribution in [0.2, 0.25) is 0 Å². The van der Waals surface area contributed by atoms with Crippen molar-refractivity contribution in [2.45, 2.75) is 26.7 Å². The van der Waals surface area contributed by atoms with E-state index in [4.69, 9.17) is 0 Å². The highest BCUT2D eigenvalue weighted by atomic mass is 16.5. The van der Waals surface area contributed by atoms with E-state index >= 15 is 0 Å². The highest BCUT2D eigenvalue weighted by molar-refractivity contribution is 6.33. The summed E-state index contributed by atoms with van der Waals surface area (Å²) in [7, 11) is 1.22. The summed E-state index contributed by atoms with van der Waals surface area (Å²) in [4.78, 5) is 32.9. The van der Waals surface area contributed by atoms with Gasteiger partial charge in [-0.15, -0.1) is 0 Å². The average Bonchev–Trinajstić information content (AvgIpc) is 2.24. The highest BCUT2D eigenvalue weighted by Crippen LogP contribution is 1.96. The summed E-state index contributed by atoms with van der Waals surface area (Å²) in [5.74, 6) is -2.15. The van der Waals surface area contributed by atoms with Crippen LogP contribution in [0.25, 0.3) is 0 Å². The number of Topliss-reactive ketones (excluding diaryl/α,β-unsaturated/α-hetero) is 1. The van der Waals surface area contributed by atoms with E-state index in [2.05, 4.69) is 9.39 Å². The summed E-state index contributed by atoms with van der Waals surface area (Å²) >= 11 is 0. The largest absolute Gasteiger partial charge is 0.543 e. The van der Waals surface area contributed by atoms with Crippen LogP contribution >= 0.6 is 0 Å². The van der Waals surface area contributed by atoms with Gasteiger partial charge in [0.15, 0.2) is 0 Å². The van der Waals surface area contributed by atoms with Gasteiger partial charge in [-0.25, -0.2) is 4.79 Å². The Labute approximate surface area is 95.2 Å².